The molecule has 0 fully saturated rings. The zero-order valence-corrected chi connectivity index (χ0v) is 12.7. The van der Waals surface area contributed by atoms with Crippen LogP contribution in [-0.2, 0) is 13.1 Å². The molecule has 112 valence electrons. The van der Waals surface area contributed by atoms with Gasteiger partial charge in [-0.15, -0.1) is 5.10 Å². The normalized spacial score (nSPS) is 10.9. The minimum absolute atomic E-state index is 0.199. The predicted molar refractivity (Wildman–Crippen MR) is 82.5 cm³/mol. The van der Waals surface area contributed by atoms with Gasteiger partial charge in [-0.2, -0.15) is 5.10 Å². The quantitative estimate of drug-likeness (QED) is 0.887. The third kappa shape index (κ3) is 4.49. The minimum atomic E-state index is -0.199. The van der Waals surface area contributed by atoms with Crippen molar-refractivity contribution in [3.63, 3.8) is 0 Å². The van der Waals surface area contributed by atoms with Crippen LogP contribution in [0.4, 0.5) is 10.2 Å². The summed E-state index contributed by atoms with van der Waals surface area (Å²) in [7, 11) is 1.88. The molecule has 0 aliphatic rings. The molecule has 0 radical (unpaired) electrons. The van der Waals surface area contributed by atoms with Crippen LogP contribution in [0.2, 0.25) is 0 Å². The second-order valence-corrected chi connectivity index (χ2v) is 5.37. The molecule has 0 spiro atoms. The average molecular weight is 288 g/mol. The van der Waals surface area contributed by atoms with Crippen molar-refractivity contribution >= 4 is 5.82 Å². The highest BCUT2D eigenvalue weighted by atomic mass is 19.1. The first-order valence-electron chi connectivity index (χ1n) is 7.07. The summed E-state index contributed by atoms with van der Waals surface area (Å²) in [6.07, 6.45) is 0. The van der Waals surface area contributed by atoms with E-state index >= 15 is 0 Å². The maximum absolute atomic E-state index is 13.6. The van der Waals surface area contributed by atoms with Gasteiger partial charge in [-0.1, -0.05) is 32.0 Å². The lowest BCUT2D eigenvalue weighted by Gasteiger charge is -2.18. The lowest BCUT2D eigenvalue weighted by atomic mass is 10.2. The van der Waals surface area contributed by atoms with Crippen LogP contribution in [0.25, 0.3) is 0 Å². The van der Waals surface area contributed by atoms with E-state index < -0.39 is 0 Å². The van der Waals surface area contributed by atoms with Crippen molar-refractivity contribution in [2.75, 3.05) is 11.9 Å². The van der Waals surface area contributed by atoms with Crippen LogP contribution in [0.1, 0.15) is 25.1 Å². The second kappa shape index (κ2) is 7.13. The fourth-order valence-electron chi connectivity index (χ4n) is 1.92. The van der Waals surface area contributed by atoms with E-state index in [1.165, 1.54) is 6.07 Å². The van der Waals surface area contributed by atoms with Gasteiger partial charge in [-0.3, -0.25) is 0 Å². The van der Waals surface area contributed by atoms with Gasteiger partial charge < -0.3 is 10.2 Å². The molecular weight excluding hydrogens is 267 g/mol. The van der Waals surface area contributed by atoms with Crippen LogP contribution in [0.3, 0.4) is 0 Å². The number of aromatic nitrogens is 2. The number of nitrogens with zero attached hydrogens (tertiary/aromatic N) is 3. The third-order valence-corrected chi connectivity index (χ3v) is 3.15. The molecule has 2 aromatic rings. The highest BCUT2D eigenvalue weighted by Gasteiger charge is 2.08. The van der Waals surface area contributed by atoms with Gasteiger partial charge in [0.25, 0.3) is 0 Å². The molecule has 4 nitrogen and oxygen atoms in total. The maximum Gasteiger partial charge on any atom is 0.151 e. The third-order valence-electron chi connectivity index (χ3n) is 3.15. The van der Waals surface area contributed by atoms with E-state index in [4.69, 9.17) is 0 Å². The van der Waals surface area contributed by atoms with E-state index in [1.807, 2.05) is 30.1 Å². The van der Waals surface area contributed by atoms with Crippen molar-refractivity contribution in [1.82, 2.24) is 15.5 Å². The van der Waals surface area contributed by atoms with Gasteiger partial charge in [-0.05, 0) is 18.2 Å². The Balaban J connectivity index is 2.00. The van der Waals surface area contributed by atoms with Crippen LogP contribution in [0, 0.1) is 5.82 Å². The molecule has 0 saturated carbocycles. The minimum Gasteiger partial charge on any atom is -0.354 e. The average Bonchev–Trinajstić information content (AvgIpc) is 2.48. The Kier molecular flexibility index (Phi) is 5.22. The van der Waals surface area contributed by atoms with Gasteiger partial charge in [0.1, 0.15) is 5.82 Å². The molecule has 0 aliphatic carbocycles. The molecular formula is C16H21FN4. The molecule has 1 aromatic heterocycles. The van der Waals surface area contributed by atoms with Crippen molar-refractivity contribution in [3.05, 3.63) is 53.5 Å². The predicted octanol–water partition coefficient (Wildman–Crippen LogP) is 2.75. The SMILES string of the molecule is CC(C)NCc1ccc(N(C)Cc2ccccc2F)nn1. The smallest absolute Gasteiger partial charge is 0.151 e. The molecule has 21 heavy (non-hydrogen) atoms. The first-order chi connectivity index (χ1) is 10.1. The molecule has 0 amide bonds. The molecule has 1 heterocycles. The van der Waals surface area contributed by atoms with Gasteiger partial charge in [0.05, 0.1) is 5.69 Å². The summed E-state index contributed by atoms with van der Waals surface area (Å²) in [6, 6.07) is 11.0. The highest BCUT2D eigenvalue weighted by Crippen LogP contribution is 2.14. The van der Waals surface area contributed by atoms with Crippen molar-refractivity contribution in [2.45, 2.75) is 33.0 Å². The number of benzene rings is 1. The van der Waals surface area contributed by atoms with E-state index in [2.05, 4.69) is 29.4 Å². The largest absolute Gasteiger partial charge is 0.354 e. The highest BCUT2D eigenvalue weighted by molar-refractivity contribution is 5.37. The van der Waals surface area contributed by atoms with Crippen molar-refractivity contribution in [2.24, 2.45) is 0 Å². The van der Waals surface area contributed by atoms with Gasteiger partial charge >= 0.3 is 0 Å². The van der Waals surface area contributed by atoms with E-state index in [1.54, 1.807) is 12.1 Å². The number of halogens is 1. The van der Waals surface area contributed by atoms with Crippen molar-refractivity contribution < 1.29 is 4.39 Å². The zero-order chi connectivity index (χ0) is 15.2. The fraction of sp³-hybridized carbons (Fsp3) is 0.375. The van der Waals surface area contributed by atoms with Crippen LogP contribution in [0.15, 0.2) is 36.4 Å². The molecule has 0 bridgehead atoms. The molecule has 1 N–H and O–H groups in total. The van der Waals surface area contributed by atoms with Gasteiger partial charge in [0.15, 0.2) is 5.82 Å². The summed E-state index contributed by atoms with van der Waals surface area (Å²) in [4.78, 5) is 1.88. The number of nitrogens with one attached hydrogen (secondary N) is 1. The summed E-state index contributed by atoms with van der Waals surface area (Å²) in [5.74, 6) is 0.529. The van der Waals surface area contributed by atoms with Gasteiger partial charge in [0, 0.05) is 31.7 Å². The van der Waals surface area contributed by atoms with Gasteiger partial charge in [-0.25, -0.2) is 4.39 Å². The Morgan fingerprint density at radius 2 is 1.90 bits per heavy atom. The van der Waals surface area contributed by atoms with Crippen LogP contribution in [0.5, 0.6) is 0 Å². The Labute approximate surface area is 125 Å². The molecule has 0 saturated heterocycles. The Morgan fingerprint density at radius 3 is 2.52 bits per heavy atom. The van der Waals surface area contributed by atoms with Crippen LogP contribution >= 0.6 is 0 Å². The van der Waals surface area contributed by atoms with E-state index in [-0.39, 0.29) is 5.82 Å². The van der Waals surface area contributed by atoms with E-state index in [9.17, 15) is 4.39 Å². The van der Waals surface area contributed by atoms with Gasteiger partial charge in [0.2, 0.25) is 0 Å². The molecule has 1 aromatic carbocycles. The Bertz CT molecular complexity index is 569. The molecule has 0 atom stereocenters. The van der Waals surface area contributed by atoms with E-state index in [0.29, 0.717) is 24.7 Å². The first kappa shape index (κ1) is 15.4. The number of hydrogen-bond acceptors (Lipinski definition) is 4. The standard InChI is InChI=1S/C16H21FN4/c1-12(2)18-10-14-8-9-16(20-19-14)21(3)11-13-6-4-5-7-15(13)17/h4-9,12,18H,10-11H2,1-3H3. The molecule has 2 rings (SSSR count). The summed E-state index contributed by atoms with van der Waals surface area (Å²) in [6.45, 7) is 5.33. The van der Waals surface area contributed by atoms with Crippen molar-refractivity contribution in [3.8, 4) is 0 Å². The maximum atomic E-state index is 13.6. The first-order valence-corrected chi connectivity index (χ1v) is 7.07. The van der Waals surface area contributed by atoms with Crippen LogP contribution in [-0.4, -0.2) is 23.3 Å². The van der Waals surface area contributed by atoms with E-state index in [0.717, 1.165) is 11.5 Å². The molecule has 0 aliphatic heterocycles. The fourth-order valence-corrected chi connectivity index (χ4v) is 1.92. The summed E-state index contributed by atoms with van der Waals surface area (Å²) in [5, 5.41) is 11.7. The second-order valence-electron chi connectivity index (χ2n) is 5.37. The zero-order valence-electron chi connectivity index (χ0n) is 12.7. The van der Waals surface area contributed by atoms with Crippen LogP contribution < -0.4 is 10.2 Å². The lowest BCUT2D eigenvalue weighted by molar-refractivity contribution is 0.577. The molecule has 0 unspecified atom stereocenters. The van der Waals surface area contributed by atoms with Crippen molar-refractivity contribution in [1.29, 1.82) is 0 Å². The molecule has 5 heteroatoms. The summed E-state index contributed by atoms with van der Waals surface area (Å²) >= 11 is 0. The summed E-state index contributed by atoms with van der Waals surface area (Å²) < 4.78 is 13.6. The number of hydrogen-bond donors (Lipinski definition) is 1. The number of rotatable bonds is 6. The Hall–Kier alpha value is -2.01. The Morgan fingerprint density at radius 1 is 1.14 bits per heavy atom. The topological polar surface area (TPSA) is 41.0 Å². The lowest BCUT2D eigenvalue weighted by Crippen LogP contribution is -2.23. The number of anilines is 1. The summed E-state index contributed by atoms with van der Waals surface area (Å²) in [5.41, 5.74) is 1.54. The monoisotopic (exact) mass is 288 g/mol.